The van der Waals surface area contributed by atoms with E-state index in [0.717, 1.165) is 17.1 Å². The Balaban J connectivity index is 0.00000220. The van der Waals surface area contributed by atoms with Gasteiger partial charge in [0.2, 0.25) is 5.91 Å². The molecule has 3 N–H and O–H groups in total. The molecule has 0 fully saturated rings. The lowest BCUT2D eigenvalue weighted by Gasteiger charge is -2.26. The Morgan fingerprint density at radius 1 is 1.29 bits per heavy atom. The standard InChI is InChI=1S/C15H22N2O3.ClH/c1-15(2,3)13(16)14(18)17-9-10-4-5-11-12(8-10)20-7-6-19-11;/h4-5,8,13H,6-7,9,16H2,1-3H3,(H,17,18);1H/t13-;/m1./s1. The van der Waals surface area contributed by atoms with Crippen LogP contribution in [0.15, 0.2) is 18.2 Å². The van der Waals surface area contributed by atoms with E-state index in [0.29, 0.717) is 19.8 Å². The third kappa shape index (κ3) is 4.51. The van der Waals surface area contributed by atoms with Gasteiger partial charge in [-0.05, 0) is 23.1 Å². The molecule has 0 spiro atoms. The van der Waals surface area contributed by atoms with Crippen LogP contribution < -0.4 is 20.5 Å². The minimum atomic E-state index is -0.528. The van der Waals surface area contributed by atoms with Crippen LogP contribution in [-0.4, -0.2) is 25.2 Å². The predicted octanol–water partition coefficient (Wildman–Crippen LogP) is 1.87. The zero-order chi connectivity index (χ0) is 14.8. The van der Waals surface area contributed by atoms with Crippen LogP contribution in [-0.2, 0) is 11.3 Å². The molecule has 0 aromatic heterocycles. The van der Waals surface area contributed by atoms with Crippen LogP contribution in [0, 0.1) is 5.41 Å². The van der Waals surface area contributed by atoms with Crippen LogP contribution >= 0.6 is 12.4 Å². The van der Waals surface area contributed by atoms with Crippen molar-refractivity contribution in [2.45, 2.75) is 33.4 Å². The number of rotatable bonds is 3. The average Bonchev–Trinajstić information content (AvgIpc) is 2.42. The summed E-state index contributed by atoms with van der Waals surface area (Å²) in [7, 11) is 0. The summed E-state index contributed by atoms with van der Waals surface area (Å²) in [5, 5.41) is 2.85. The summed E-state index contributed by atoms with van der Waals surface area (Å²) in [5.74, 6) is 1.33. The van der Waals surface area contributed by atoms with E-state index >= 15 is 0 Å². The zero-order valence-electron chi connectivity index (χ0n) is 12.6. The highest BCUT2D eigenvalue weighted by Gasteiger charge is 2.27. The van der Waals surface area contributed by atoms with Gasteiger partial charge in [0.1, 0.15) is 13.2 Å². The molecule has 5 nitrogen and oxygen atoms in total. The topological polar surface area (TPSA) is 73.6 Å². The first-order valence-electron chi connectivity index (χ1n) is 6.80. The Morgan fingerprint density at radius 2 is 1.90 bits per heavy atom. The van der Waals surface area contributed by atoms with Crippen molar-refractivity contribution in [2.75, 3.05) is 13.2 Å². The Labute approximate surface area is 131 Å². The van der Waals surface area contributed by atoms with Crippen LogP contribution in [0.25, 0.3) is 0 Å². The van der Waals surface area contributed by atoms with Crippen LogP contribution in [0.1, 0.15) is 26.3 Å². The number of carbonyl (C=O) groups excluding carboxylic acids is 1. The molecule has 0 unspecified atom stereocenters. The molecule has 0 aliphatic carbocycles. The molecule has 0 saturated carbocycles. The summed E-state index contributed by atoms with van der Waals surface area (Å²) >= 11 is 0. The van der Waals surface area contributed by atoms with Gasteiger partial charge in [-0.15, -0.1) is 12.4 Å². The minimum absolute atomic E-state index is 0. The maximum Gasteiger partial charge on any atom is 0.237 e. The lowest BCUT2D eigenvalue weighted by Crippen LogP contribution is -2.48. The zero-order valence-corrected chi connectivity index (χ0v) is 13.5. The van der Waals surface area contributed by atoms with Gasteiger partial charge in [-0.1, -0.05) is 26.8 Å². The van der Waals surface area contributed by atoms with Gasteiger partial charge in [0.05, 0.1) is 6.04 Å². The molecule has 2 rings (SSSR count). The normalized spacial score (nSPS) is 14.9. The molecule has 118 valence electrons. The number of hydrogen-bond acceptors (Lipinski definition) is 4. The molecule has 1 aromatic rings. The summed E-state index contributed by atoms with van der Waals surface area (Å²) in [6.45, 7) is 7.39. The number of carbonyl (C=O) groups is 1. The number of fused-ring (bicyclic) bond motifs is 1. The van der Waals surface area contributed by atoms with Gasteiger partial charge in [0.15, 0.2) is 11.5 Å². The lowest BCUT2D eigenvalue weighted by molar-refractivity contribution is -0.124. The number of nitrogens with one attached hydrogen (secondary N) is 1. The number of hydrogen-bond donors (Lipinski definition) is 2. The van der Waals surface area contributed by atoms with Gasteiger partial charge in [0, 0.05) is 6.54 Å². The fourth-order valence-electron chi connectivity index (χ4n) is 1.89. The molecule has 0 saturated heterocycles. The van der Waals surface area contributed by atoms with Gasteiger partial charge in [-0.3, -0.25) is 4.79 Å². The molecule has 0 radical (unpaired) electrons. The number of amides is 1. The molecule has 1 amide bonds. The van der Waals surface area contributed by atoms with Crippen LogP contribution in [0.3, 0.4) is 0 Å². The van der Waals surface area contributed by atoms with Gasteiger partial charge in [-0.25, -0.2) is 0 Å². The van der Waals surface area contributed by atoms with Crippen molar-refractivity contribution >= 4 is 18.3 Å². The van der Waals surface area contributed by atoms with E-state index in [1.807, 2.05) is 39.0 Å². The largest absolute Gasteiger partial charge is 0.486 e. The summed E-state index contributed by atoms with van der Waals surface area (Å²) in [6, 6.07) is 5.13. The first-order chi connectivity index (χ1) is 9.38. The van der Waals surface area contributed by atoms with Crippen LogP contribution in [0.5, 0.6) is 11.5 Å². The molecular formula is C15H23ClN2O3. The van der Waals surface area contributed by atoms with Crippen molar-refractivity contribution in [2.24, 2.45) is 11.1 Å². The highest BCUT2D eigenvalue weighted by Crippen LogP contribution is 2.30. The van der Waals surface area contributed by atoms with Crippen molar-refractivity contribution < 1.29 is 14.3 Å². The second kappa shape index (κ2) is 7.00. The smallest absolute Gasteiger partial charge is 0.237 e. The molecule has 1 heterocycles. The predicted molar refractivity (Wildman–Crippen MR) is 84.0 cm³/mol. The van der Waals surface area contributed by atoms with E-state index in [2.05, 4.69) is 5.32 Å². The Kier molecular flexibility index (Phi) is 5.87. The highest BCUT2D eigenvalue weighted by atomic mass is 35.5. The van der Waals surface area contributed by atoms with Crippen LogP contribution in [0.4, 0.5) is 0 Å². The molecule has 1 atom stereocenters. The second-order valence-electron chi connectivity index (χ2n) is 6.04. The van der Waals surface area contributed by atoms with Crippen molar-refractivity contribution in [3.63, 3.8) is 0 Å². The summed E-state index contributed by atoms with van der Waals surface area (Å²) < 4.78 is 11.0. The third-order valence-electron chi connectivity index (χ3n) is 3.29. The summed E-state index contributed by atoms with van der Waals surface area (Å²) in [6.07, 6.45) is 0. The first-order valence-corrected chi connectivity index (χ1v) is 6.80. The maximum atomic E-state index is 12.0. The summed E-state index contributed by atoms with van der Waals surface area (Å²) in [4.78, 5) is 12.0. The third-order valence-corrected chi connectivity index (χ3v) is 3.29. The molecule has 1 aliphatic heterocycles. The molecular weight excluding hydrogens is 292 g/mol. The van der Waals surface area contributed by atoms with E-state index < -0.39 is 6.04 Å². The van der Waals surface area contributed by atoms with E-state index in [1.165, 1.54) is 0 Å². The molecule has 1 aromatic carbocycles. The molecule has 6 heteroatoms. The Bertz CT molecular complexity index is 500. The van der Waals surface area contributed by atoms with Crippen molar-refractivity contribution in [1.82, 2.24) is 5.32 Å². The van der Waals surface area contributed by atoms with Gasteiger partial charge < -0.3 is 20.5 Å². The molecule has 0 bridgehead atoms. The van der Waals surface area contributed by atoms with E-state index in [1.54, 1.807) is 0 Å². The van der Waals surface area contributed by atoms with Crippen molar-refractivity contribution in [3.05, 3.63) is 23.8 Å². The highest BCUT2D eigenvalue weighted by molar-refractivity contribution is 5.85. The van der Waals surface area contributed by atoms with Crippen molar-refractivity contribution in [1.29, 1.82) is 0 Å². The van der Waals surface area contributed by atoms with E-state index in [4.69, 9.17) is 15.2 Å². The van der Waals surface area contributed by atoms with E-state index in [-0.39, 0.29) is 23.7 Å². The lowest BCUT2D eigenvalue weighted by atomic mass is 9.87. The Morgan fingerprint density at radius 3 is 2.52 bits per heavy atom. The quantitative estimate of drug-likeness (QED) is 0.893. The maximum absolute atomic E-state index is 12.0. The molecule has 21 heavy (non-hydrogen) atoms. The van der Waals surface area contributed by atoms with Gasteiger partial charge >= 0.3 is 0 Å². The monoisotopic (exact) mass is 314 g/mol. The number of benzene rings is 1. The van der Waals surface area contributed by atoms with Crippen LogP contribution in [0.2, 0.25) is 0 Å². The molecule has 1 aliphatic rings. The number of halogens is 1. The minimum Gasteiger partial charge on any atom is -0.486 e. The average molecular weight is 315 g/mol. The second-order valence-corrected chi connectivity index (χ2v) is 6.04. The number of nitrogens with two attached hydrogens (primary N) is 1. The SMILES string of the molecule is CC(C)(C)[C@H](N)C(=O)NCc1ccc2c(c1)OCCO2.Cl. The van der Waals surface area contributed by atoms with Crippen molar-refractivity contribution in [3.8, 4) is 11.5 Å². The number of ether oxygens (including phenoxy) is 2. The Hall–Kier alpha value is -1.46. The fourth-order valence-corrected chi connectivity index (χ4v) is 1.89. The summed E-state index contributed by atoms with van der Waals surface area (Å²) in [5.41, 5.74) is 6.62. The van der Waals surface area contributed by atoms with Gasteiger partial charge in [0.25, 0.3) is 0 Å². The fraction of sp³-hybridized carbons (Fsp3) is 0.533. The van der Waals surface area contributed by atoms with Gasteiger partial charge in [-0.2, -0.15) is 0 Å². The first kappa shape index (κ1) is 17.6. The van der Waals surface area contributed by atoms with E-state index in [9.17, 15) is 4.79 Å².